The molecule has 0 radical (unpaired) electrons. The summed E-state index contributed by atoms with van der Waals surface area (Å²) in [7, 11) is 0. The number of fused-ring (bicyclic) bond motifs is 1. The number of anilines is 1. The van der Waals surface area contributed by atoms with Gasteiger partial charge in [-0.25, -0.2) is 9.78 Å². The average Bonchev–Trinajstić information content (AvgIpc) is 3.06. The summed E-state index contributed by atoms with van der Waals surface area (Å²) in [5.41, 5.74) is 2.95. The lowest BCUT2D eigenvalue weighted by Gasteiger charge is -2.32. The van der Waals surface area contributed by atoms with E-state index in [1.807, 2.05) is 23.1 Å². The standard InChI is InChI=1S/C19H20N4O/c24-19(22-17-13-21-18-16(17)7-4-10-20-18)23-11-8-15(9-12-23)14-5-2-1-3-6-14/h1-7,10,13,15H,8-9,11-12H2,(H,20,21)(H,22,24). The van der Waals surface area contributed by atoms with Gasteiger partial charge in [-0.2, -0.15) is 0 Å². The van der Waals surface area contributed by atoms with Crippen LogP contribution >= 0.6 is 0 Å². The number of hydrogen-bond donors (Lipinski definition) is 2. The highest BCUT2D eigenvalue weighted by Crippen LogP contribution is 2.28. The summed E-state index contributed by atoms with van der Waals surface area (Å²) in [5.74, 6) is 0.549. The molecule has 1 aromatic carbocycles. The topological polar surface area (TPSA) is 61.0 Å². The number of piperidine rings is 1. The summed E-state index contributed by atoms with van der Waals surface area (Å²) in [6.07, 6.45) is 5.55. The Morgan fingerprint density at radius 3 is 2.71 bits per heavy atom. The van der Waals surface area contributed by atoms with Crippen LogP contribution in [-0.4, -0.2) is 34.0 Å². The molecule has 0 atom stereocenters. The molecule has 2 N–H and O–H groups in total. The van der Waals surface area contributed by atoms with Crippen molar-refractivity contribution < 1.29 is 4.79 Å². The number of H-pyrrole nitrogens is 1. The normalized spacial score (nSPS) is 15.6. The zero-order chi connectivity index (χ0) is 16.4. The third-order valence-corrected chi connectivity index (χ3v) is 4.75. The highest BCUT2D eigenvalue weighted by Gasteiger charge is 2.24. The van der Waals surface area contributed by atoms with E-state index in [9.17, 15) is 4.79 Å². The number of nitrogens with zero attached hydrogens (tertiary/aromatic N) is 2. The molecular weight excluding hydrogens is 300 g/mol. The minimum atomic E-state index is -0.0359. The molecule has 0 bridgehead atoms. The van der Waals surface area contributed by atoms with E-state index >= 15 is 0 Å². The molecule has 5 nitrogen and oxygen atoms in total. The number of amides is 2. The van der Waals surface area contributed by atoms with Crippen LogP contribution in [0.15, 0.2) is 54.9 Å². The van der Waals surface area contributed by atoms with Crippen molar-refractivity contribution in [1.82, 2.24) is 14.9 Å². The second kappa shape index (κ2) is 6.35. The monoisotopic (exact) mass is 320 g/mol. The van der Waals surface area contributed by atoms with Gasteiger partial charge in [0.1, 0.15) is 5.65 Å². The predicted molar refractivity (Wildman–Crippen MR) is 95.1 cm³/mol. The van der Waals surface area contributed by atoms with Crippen molar-refractivity contribution in [1.29, 1.82) is 0 Å². The summed E-state index contributed by atoms with van der Waals surface area (Å²) in [5, 5.41) is 3.94. The number of carbonyl (C=O) groups excluding carboxylic acids is 1. The SMILES string of the molecule is O=C(Nc1c[nH]c2ncccc12)N1CCC(c2ccccc2)CC1. The van der Waals surface area contributed by atoms with Crippen molar-refractivity contribution in [3.05, 3.63) is 60.4 Å². The third kappa shape index (κ3) is 2.85. The van der Waals surface area contributed by atoms with Crippen molar-refractivity contribution >= 4 is 22.8 Å². The van der Waals surface area contributed by atoms with Crippen molar-refractivity contribution in [3.63, 3.8) is 0 Å². The average molecular weight is 320 g/mol. The summed E-state index contributed by atoms with van der Waals surface area (Å²) in [6.45, 7) is 1.57. The number of aromatic amines is 1. The zero-order valence-electron chi connectivity index (χ0n) is 13.4. The number of likely N-dealkylation sites (tertiary alicyclic amines) is 1. The maximum absolute atomic E-state index is 12.5. The van der Waals surface area contributed by atoms with Gasteiger partial charge >= 0.3 is 6.03 Å². The highest BCUT2D eigenvalue weighted by atomic mass is 16.2. The number of hydrogen-bond acceptors (Lipinski definition) is 2. The van der Waals surface area contributed by atoms with Crippen LogP contribution in [0.25, 0.3) is 11.0 Å². The third-order valence-electron chi connectivity index (χ3n) is 4.75. The second-order valence-corrected chi connectivity index (χ2v) is 6.20. The molecule has 1 fully saturated rings. The Morgan fingerprint density at radius 2 is 1.92 bits per heavy atom. The van der Waals surface area contributed by atoms with E-state index in [2.05, 4.69) is 39.6 Å². The van der Waals surface area contributed by atoms with Crippen LogP contribution in [0.3, 0.4) is 0 Å². The molecule has 5 heteroatoms. The number of carbonyl (C=O) groups is 1. The lowest BCUT2D eigenvalue weighted by Crippen LogP contribution is -2.40. The summed E-state index contributed by atoms with van der Waals surface area (Å²) < 4.78 is 0. The van der Waals surface area contributed by atoms with Gasteiger partial charge in [0.2, 0.25) is 0 Å². The van der Waals surface area contributed by atoms with Crippen LogP contribution in [0.4, 0.5) is 10.5 Å². The number of rotatable bonds is 2. The first kappa shape index (κ1) is 14.8. The molecule has 3 heterocycles. The molecule has 0 saturated carbocycles. The fourth-order valence-electron chi connectivity index (χ4n) is 3.39. The minimum absolute atomic E-state index is 0.0359. The van der Waals surface area contributed by atoms with E-state index in [4.69, 9.17) is 0 Å². The van der Waals surface area contributed by atoms with Crippen molar-refractivity contribution in [2.45, 2.75) is 18.8 Å². The minimum Gasteiger partial charge on any atom is -0.344 e. The van der Waals surface area contributed by atoms with Gasteiger partial charge < -0.3 is 15.2 Å². The zero-order valence-corrected chi connectivity index (χ0v) is 13.4. The van der Waals surface area contributed by atoms with Gasteiger partial charge in [0.05, 0.1) is 5.69 Å². The number of benzene rings is 1. The van der Waals surface area contributed by atoms with Crippen LogP contribution in [-0.2, 0) is 0 Å². The van der Waals surface area contributed by atoms with E-state index in [1.54, 1.807) is 12.4 Å². The molecule has 3 aromatic rings. The summed E-state index contributed by atoms with van der Waals surface area (Å²) in [6, 6.07) is 14.4. The first-order valence-corrected chi connectivity index (χ1v) is 8.34. The Balaban J connectivity index is 1.40. The molecule has 0 spiro atoms. The van der Waals surface area contributed by atoms with Gasteiger partial charge in [-0.3, -0.25) is 0 Å². The molecule has 1 saturated heterocycles. The largest absolute Gasteiger partial charge is 0.344 e. The molecule has 2 amide bonds. The van der Waals surface area contributed by atoms with Gasteiger partial charge in [-0.1, -0.05) is 30.3 Å². The van der Waals surface area contributed by atoms with Gasteiger partial charge in [-0.15, -0.1) is 0 Å². The van der Waals surface area contributed by atoms with E-state index in [-0.39, 0.29) is 6.03 Å². The van der Waals surface area contributed by atoms with Crippen LogP contribution < -0.4 is 5.32 Å². The number of aromatic nitrogens is 2. The van der Waals surface area contributed by atoms with E-state index in [0.29, 0.717) is 5.92 Å². The van der Waals surface area contributed by atoms with Crippen LogP contribution in [0.2, 0.25) is 0 Å². The highest BCUT2D eigenvalue weighted by molar-refractivity contribution is 5.99. The van der Waals surface area contributed by atoms with Gasteiger partial charge in [0.25, 0.3) is 0 Å². The summed E-state index contributed by atoms with van der Waals surface area (Å²) in [4.78, 5) is 21.8. The van der Waals surface area contributed by atoms with Crippen LogP contribution in [0.5, 0.6) is 0 Å². The van der Waals surface area contributed by atoms with Crippen LogP contribution in [0.1, 0.15) is 24.3 Å². The lowest BCUT2D eigenvalue weighted by atomic mass is 9.90. The number of urea groups is 1. The van der Waals surface area contributed by atoms with Crippen molar-refractivity contribution in [2.75, 3.05) is 18.4 Å². The van der Waals surface area contributed by atoms with E-state index in [0.717, 1.165) is 42.7 Å². The van der Waals surface area contributed by atoms with Gasteiger partial charge in [0.15, 0.2) is 0 Å². The molecule has 1 aliphatic rings. The molecule has 0 aliphatic carbocycles. The lowest BCUT2D eigenvalue weighted by molar-refractivity contribution is 0.194. The summed E-state index contributed by atoms with van der Waals surface area (Å²) >= 11 is 0. The Hall–Kier alpha value is -2.82. The maximum Gasteiger partial charge on any atom is 0.321 e. The fourth-order valence-corrected chi connectivity index (χ4v) is 3.39. The Bertz CT molecular complexity index is 835. The Morgan fingerprint density at radius 1 is 1.12 bits per heavy atom. The molecule has 4 rings (SSSR count). The molecular formula is C19H20N4O. The van der Waals surface area contributed by atoms with E-state index < -0.39 is 0 Å². The maximum atomic E-state index is 12.5. The molecule has 2 aromatic heterocycles. The smallest absolute Gasteiger partial charge is 0.321 e. The second-order valence-electron chi connectivity index (χ2n) is 6.20. The number of nitrogens with one attached hydrogen (secondary N) is 2. The number of pyridine rings is 1. The quantitative estimate of drug-likeness (QED) is 0.750. The first-order valence-electron chi connectivity index (χ1n) is 8.34. The molecule has 0 unspecified atom stereocenters. The fraction of sp³-hybridized carbons (Fsp3) is 0.263. The molecule has 24 heavy (non-hydrogen) atoms. The molecule has 1 aliphatic heterocycles. The Kier molecular flexibility index (Phi) is 3.91. The van der Waals surface area contributed by atoms with Crippen molar-refractivity contribution in [3.8, 4) is 0 Å². The first-order chi connectivity index (χ1) is 11.8. The molecule has 122 valence electrons. The Labute approximate surface area is 140 Å². The van der Waals surface area contributed by atoms with Crippen LogP contribution in [0, 0.1) is 0 Å². The van der Waals surface area contributed by atoms with Gasteiger partial charge in [0, 0.05) is 30.9 Å². The predicted octanol–water partition coefficient (Wildman–Crippen LogP) is 3.97. The van der Waals surface area contributed by atoms with Crippen molar-refractivity contribution in [2.24, 2.45) is 0 Å². The van der Waals surface area contributed by atoms with E-state index in [1.165, 1.54) is 5.56 Å². The van der Waals surface area contributed by atoms with Gasteiger partial charge in [-0.05, 0) is 36.5 Å².